The molecule has 0 saturated heterocycles. The number of nitrogens with zero attached hydrogens (tertiary/aromatic N) is 1. The number of anilines is 1. The first-order valence-corrected chi connectivity index (χ1v) is 6.39. The van der Waals surface area contributed by atoms with Crippen LogP contribution >= 0.6 is 0 Å². The van der Waals surface area contributed by atoms with Crippen LogP contribution in [0.3, 0.4) is 0 Å². The fourth-order valence-electron chi connectivity index (χ4n) is 1.93. The lowest BCUT2D eigenvalue weighted by Gasteiger charge is -2.27. The zero-order chi connectivity index (χ0) is 13.0. The Kier molecular flexibility index (Phi) is 4.02. The van der Waals surface area contributed by atoms with Crippen molar-refractivity contribution in [2.45, 2.75) is 38.6 Å². The molecule has 0 heterocycles. The van der Waals surface area contributed by atoms with E-state index in [0.717, 1.165) is 19.3 Å². The van der Waals surface area contributed by atoms with Gasteiger partial charge >= 0.3 is 5.69 Å². The first-order chi connectivity index (χ1) is 8.72. The van der Waals surface area contributed by atoms with Crippen molar-refractivity contribution in [3.8, 4) is 5.75 Å². The van der Waals surface area contributed by atoms with Crippen LogP contribution in [0.25, 0.3) is 0 Å². The van der Waals surface area contributed by atoms with Crippen molar-refractivity contribution < 1.29 is 9.66 Å². The van der Waals surface area contributed by atoms with Crippen molar-refractivity contribution in [3.63, 3.8) is 0 Å². The van der Waals surface area contributed by atoms with Gasteiger partial charge in [0.15, 0.2) is 5.75 Å². The summed E-state index contributed by atoms with van der Waals surface area (Å²) in [5.41, 5.74) is 0.621. The highest BCUT2D eigenvalue weighted by Crippen LogP contribution is 2.36. The van der Waals surface area contributed by atoms with E-state index < -0.39 is 0 Å². The van der Waals surface area contributed by atoms with Crippen LogP contribution in [-0.4, -0.2) is 17.6 Å². The Labute approximate surface area is 106 Å². The molecule has 0 unspecified atom stereocenters. The molecule has 0 aliphatic heterocycles. The summed E-state index contributed by atoms with van der Waals surface area (Å²) in [6, 6.07) is 5.55. The number of rotatable bonds is 6. The second-order valence-corrected chi connectivity index (χ2v) is 4.53. The third-order valence-electron chi connectivity index (χ3n) is 3.11. The Hall–Kier alpha value is -1.78. The third kappa shape index (κ3) is 2.72. The monoisotopic (exact) mass is 250 g/mol. The standard InChI is InChI=1S/C13H18N2O3/c1-2-9-18-12-8-4-7-11(13(12)15(16)17)14-10-5-3-6-10/h4,7-8,10,14H,2-3,5-6,9H2,1H3. The summed E-state index contributed by atoms with van der Waals surface area (Å²) in [4.78, 5) is 10.8. The zero-order valence-corrected chi connectivity index (χ0v) is 10.5. The number of nitro groups is 1. The van der Waals surface area contributed by atoms with Crippen LogP contribution in [0, 0.1) is 10.1 Å². The molecule has 2 rings (SSSR count). The highest BCUT2D eigenvalue weighted by atomic mass is 16.6. The highest BCUT2D eigenvalue weighted by Gasteiger charge is 2.25. The van der Waals surface area contributed by atoms with E-state index in [1.165, 1.54) is 6.42 Å². The minimum atomic E-state index is -0.369. The summed E-state index contributed by atoms with van der Waals surface area (Å²) < 4.78 is 5.44. The van der Waals surface area contributed by atoms with Gasteiger partial charge in [-0.3, -0.25) is 10.1 Å². The Morgan fingerprint density at radius 2 is 2.28 bits per heavy atom. The molecule has 1 fully saturated rings. The predicted molar refractivity (Wildman–Crippen MR) is 70.1 cm³/mol. The molecule has 1 saturated carbocycles. The van der Waals surface area contributed by atoms with Gasteiger partial charge in [-0.05, 0) is 37.8 Å². The molecular formula is C13H18N2O3. The van der Waals surface area contributed by atoms with Gasteiger partial charge in [-0.2, -0.15) is 0 Å². The minimum absolute atomic E-state index is 0.0536. The fourth-order valence-corrected chi connectivity index (χ4v) is 1.93. The third-order valence-corrected chi connectivity index (χ3v) is 3.11. The normalized spacial score (nSPS) is 14.9. The lowest BCUT2D eigenvalue weighted by Crippen LogP contribution is -2.27. The number of benzene rings is 1. The van der Waals surface area contributed by atoms with Crippen molar-refractivity contribution in [3.05, 3.63) is 28.3 Å². The van der Waals surface area contributed by atoms with Gasteiger partial charge in [-0.1, -0.05) is 13.0 Å². The highest BCUT2D eigenvalue weighted by molar-refractivity contribution is 5.68. The van der Waals surface area contributed by atoms with Gasteiger partial charge in [0.05, 0.1) is 11.5 Å². The Morgan fingerprint density at radius 1 is 1.50 bits per heavy atom. The summed E-state index contributed by atoms with van der Waals surface area (Å²) in [5, 5.41) is 14.4. The first kappa shape index (κ1) is 12.7. The van der Waals surface area contributed by atoms with E-state index in [2.05, 4.69) is 5.32 Å². The summed E-state index contributed by atoms with van der Waals surface area (Å²) in [6.45, 7) is 2.47. The number of nitro benzene ring substituents is 1. The van der Waals surface area contributed by atoms with E-state index in [9.17, 15) is 10.1 Å². The van der Waals surface area contributed by atoms with Gasteiger partial charge < -0.3 is 10.1 Å². The summed E-state index contributed by atoms with van der Waals surface area (Å²) in [6.07, 6.45) is 4.18. The first-order valence-electron chi connectivity index (χ1n) is 6.39. The average Bonchev–Trinajstić information content (AvgIpc) is 2.30. The number of para-hydroxylation sites is 1. The average molecular weight is 250 g/mol. The molecule has 0 bridgehead atoms. The van der Waals surface area contributed by atoms with Crippen molar-refractivity contribution in [1.29, 1.82) is 0 Å². The van der Waals surface area contributed by atoms with Crippen LogP contribution in [0.1, 0.15) is 32.6 Å². The molecule has 1 aliphatic rings. The Morgan fingerprint density at radius 3 is 2.83 bits per heavy atom. The van der Waals surface area contributed by atoms with Crippen LogP contribution < -0.4 is 10.1 Å². The smallest absolute Gasteiger partial charge is 0.333 e. The van der Waals surface area contributed by atoms with Crippen molar-refractivity contribution in [2.24, 2.45) is 0 Å². The molecular weight excluding hydrogens is 232 g/mol. The van der Waals surface area contributed by atoms with Crippen LogP contribution in [0.15, 0.2) is 18.2 Å². The maximum absolute atomic E-state index is 11.2. The lowest BCUT2D eigenvalue weighted by atomic mass is 9.93. The van der Waals surface area contributed by atoms with Gasteiger partial charge in [0.25, 0.3) is 0 Å². The maximum Gasteiger partial charge on any atom is 0.333 e. The quantitative estimate of drug-likeness (QED) is 0.621. The summed E-state index contributed by atoms with van der Waals surface area (Å²) >= 11 is 0. The molecule has 0 amide bonds. The van der Waals surface area contributed by atoms with Crippen LogP contribution in [-0.2, 0) is 0 Å². The van der Waals surface area contributed by atoms with Crippen molar-refractivity contribution in [2.75, 3.05) is 11.9 Å². The predicted octanol–water partition coefficient (Wildman–Crippen LogP) is 3.35. The Bertz CT molecular complexity index is 430. The van der Waals surface area contributed by atoms with Gasteiger partial charge in [0, 0.05) is 6.04 Å². The van der Waals surface area contributed by atoms with Gasteiger partial charge in [-0.25, -0.2) is 0 Å². The van der Waals surface area contributed by atoms with E-state index in [1.54, 1.807) is 18.2 Å². The van der Waals surface area contributed by atoms with Gasteiger partial charge in [0.2, 0.25) is 0 Å². The van der Waals surface area contributed by atoms with Crippen LogP contribution in [0.2, 0.25) is 0 Å². The van der Waals surface area contributed by atoms with E-state index in [1.807, 2.05) is 6.92 Å². The van der Waals surface area contributed by atoms with Crippen LogP contribution in [0.4, 0.5) is 11.4 Å². The molecule has 1 aromatic rings. The number of hydrogen-bond acceptors (Lipinski definition) is 4. The topological polar surface area (TPSA) is 64.4 Å². The SMILES string of the molecule is CCCOc1cccc(NC2CCC2)c1[N+](=O)[O-]. The van der Waals surface area contributed by atoms with E-state index >= 15 is 0 Å². The number of nitrogens with one attached hydrogen (secondary N) is 1. The molecule has 0 atom stereocenters. The largest absolute Gasteiger partial charge is 0.487 e. The summed E-state index contributed by atoms with van der Waals surface area (Å²) in [7, 11) is 0. The van der Waals surface area contributed by atoms with Gasteiger partial charge in [-0.15, -0.1) is 0 Å². The maximum atomic E-state index is 11.2. The second-order valence-electron chi connectivity index (χ2n) is 4.53. The Balaban J connectivity index is 2.23. The van der Waals surface area contributed by atoms with E-state index in [-0.39, 0.29) is 10.6 Å². The van der Waals surface area contributed by atoms with Crippen LogP contribution in [0.5, 0.6) is 5.75 Å². The van der Waals surface area contributed by atoms with Crippen molar-refractivity contribution in [1.82, 2.24) is 0 Å². The summed E-state index contributed by atoms with van der Waals surface area (Å²) in [5.74, 6) is 0.353. The molecule has 18 heavy (non-hydrogen) atoms. The fraction of sp³-hybridized carbons (Fsp3) is 0.538. The molecule has 0 aromatic heterocycles. The molecule has 0 radical (unpaired) electrons. The minimum Gasteiger partial charge on any atom is -0.487 e. The second kappa shape index (κ2) is 5.71. The van der Waals surface area contributed by atoms with Gasteiger partial charge in [0.1, 0.15) is 5.69 Å². The molecule has 1 N–H and O–H groups in total. The zero-order valence-electron chi connectivity index (χ0n) is 10.5. The van der Waals surface area contributed by atoms with Crippen molar-refractivity contribution >= 4 is 11.4 Å². The molecule has 1 aliphatic carbocycles. The molecule has 98 valence electrons. The molecule has 5 nitrogen and oxygen atoms in total. The number of hydrogen-bond donors (Lipinski definition) is 1. The van der Waals surface area contributed by atoms with E-state index in [0.29, 0.717) is 24.1 Å². The number of ether oxygens (including phenoxy) is 1. The lowest BCUT2D eigenvalue weighted by molar-refractivity contribution is -0.385. The molecule has 1 aromatic carbocycles. The van der Waals surface area contributed by atoms with E-state index in [4.69, 9.17) is 4.74 Å². The molecule has 5 heteroatoms. The molecule has 0 spiro atoms.